The molecule has 1 aromatic heterocycles. The monoisotopic (exact) mass is 350 g/mol. The van der Waals surface area contributed by atoms with E-state index in [0.29, 0.717) is 22.5 Å². The van der Waals surface area contributed by atoms with Crippen LogP contribution in [-0.4, -0.2) is 10.9 Å². The minimum Gasteiger partial charge on any atom is -0.365 e. The molecule has 3 N–H and O–H groups in total. The number of halogens is 1. The number of aryl methyl sites for hydroxylation is 2. The molecule has 0 aliphatic carbocycles. The van der Waals surface area contributed by atoms with Crippen LogP contribution in [-0.2, 0) is 0 Å². The summed E-state index contributed by atoms with van der Waals surface area (Å²) in [7, 11) is 0. The first kappa shape index (κ1) is 16.7. The van der Waals surface area contributed by atoms with E-state index in [-0.39, 0.29) is 10.7 Å². The fraction of sp³-hybridized carbons (Fsp3) is 0.105. The summed E-state index contributed by atoms with van der Waals surface area (Å²) in [6.07, 6.45) is 0. The van der Waals surface area contributed by atoms with Crippen molar-refractivity contribution < 1.29 is 4.79 Å². The van der Waals surface area contributed by atoms with Crippen molar-refractivity contribution in [1.82, 2.24) is 4.98 Å². The molecule has 0 radical (unpaired) electrons. The summed E-state index contributed by atoms with van der Waals surface area (Å²) >= 11 is 6.24. The maximum absolute atomic E-state index is 12.0. The molecule has 0 bridgehead atoms. The number of fused-ring (bicyclic) bond motifs is 1. The molecule has 0 aliphatic heterocycles. The number of amides is 1. The molecule has 5 nitrogen and oxygen atoms in total. The van der Waals surface area contributed by atoms with Gasteiger partial charge in [-0.05, 0) is 43.7 Å². The number of nitriles is 1. The van der Waals surface area contributed by atoms with Gasteiger partial charge in [-0.15, -0.1) is 0 Å². The van der Waals surface area contributed by atoms with Crippen molar-refractivity contribution in [2.45, 2.75) is 13.8 Å². The summed E-state index contributed by atoms with van der Waals surface area (Å²) in [5.74, 6) is -0.669. The van der Waals surface area contributed by atoms with Gasteiger partial charge in [0.1, 0.15) is 10.7 Å². The number of nitrogens with two attached hydrogens (primary N) is 1. The smallest absolute Gasteiger partial charge is 0.253 e. The Balaban J connectivity index is 2.32. The van der Waals surface area contributed by atoms with Gasteiger partial charge in [0, 0.05) is 11.1 Å². The van der Waals surface area contributed by atoms with Crippen molar-refractivity contribution in [1.29, 1.82) is 5.26 Å². The molecule has 0 aliphatic rings. The van der Waals surface area contributed by atoms with Crippen LogP contribution >= 0.6 is 11.6 Å². The van der Waals surface area contributed by atoms with E-state index < -0.39 is 5.91 Å². The summed E-state index contributed by atoms with van der Waals surface area (Å²) in [5, 5.41) is 13.1. The van der Waals surface area contributed by atoms with Gasteiger partial charge in [-0.25, -0.2) is 4.98 Å². The number of hydrogen-bond acceptors (Lipinski definition) is 4. The average molecular weight is 351 g/mol. The number of carbonyl (C=O) groups excluding carboxylic acids is 1. The lowest BCUT2D eigenvalue weighted by molar-refractivity contribution is 0.100. The number of hydrogen-bond donors (Lipinski definition) is 2. The molecule has 2 aromatic carbocycles. The van der Waals surface area contributed by atoms with Crippen LogP contribution in [0.15, 0.2) is 36.4 Å². The molecule has 3 rings (SSSR count). The van der Waals surface area contributed by atoms with Crippen LogP contribution < -0.4 is 11.1 Å². The molecule has 0 spiro atoms. The molecule has 3 aromatic rings. The molecular formula is C19H15ClN4O. The normalized spacial score (nSPS) is 10.5. The number of nitrogens with one attached hydrogen (secondary N) is 1. The zero-order valence-corrected chi connectivity index (χ0v) is 14.5. The number of rotatable bonds is 3. The lowest BCUT2D eigenvalue weighted by atomic mass is 10.0. The molecule has 25 heavy (non-hydrogen) atoms. The first-order valence-electron chi connectivity index (χ1n) is 7.58. The van der Waals surface area contributed by atoms with Gasteiger partial charge in [-0.1, -0.05) is 29.3 Å². The number of benzene rings is 2. The standard InChI is InChI=1S/C19H15ClN4O/c1-10-6-11(2)16-14(7-10)17(15(19(22)25)18(20)24-16)23-13-5-3-4-12(8-13)9-21/h3-8H,1-2H3,(H2,22,25)(H,23,24). The maximum Gasteiger partial charge on any atom is 0.253 e. The highest BCUT2D eigenvalue weighted by Crippen LogP contribution is 2.35. The van der Waals surface area contributed by atoms with Gasteiger partial charge in [0.15, 0.2) is 0 Å². The highest BCUT2D eigenvalue weighted by atomic mass is 35.5. The first-order valence-corrected chi connectivity index (χ1v) is 7.96. The Kier molecular flexibility index (Phi) is 4.30. The first-order chi connectivity index (χ1) is 11.9. The Labute approximate surface area is 150 Å². The minimum atomic E-state index is -0.669. The Hall–Kier alpha value is -3.10. The number of aromatic nitrogens is 1. The highest BCUT2D eigenvalue weighted by Gasteiger charge is 2.20. The second kappa shape index (κ2) is 6.42. The van der Waals surface area contributed by atoms with E-state index in [2.05, 4.69) is 16.4 Å². The number of anilines is 2. The van der Waals surface area contributed by atoms with Gasteiger partial charge in [-0.3, -0.25) is 4.79 Å². The summed E-state index contributed by atoms with van der Waals surface area (Å²) in [6.45, 7) is 3.90. The molecule has 0 saturated heterocycles. The average Bonchev–Trinajstić information content (AvgIpc) is 2.56. The summed E-state index contributed by atoms with van der Waals surface area (Å²) < 4.78 is 0. The van der Waals surface area contributed by atoms with Crippen LogP contribution in [0.25, 0.3) is 10.9 Å². The summed E-state index contributed by atoms with van der Waals surface area (Å²) in [6, 6.07) is 13.0. The van der Waals surface area contributed by atoms with Gasteiger partial charge < -0.3 is 11.1 Å². The van der Waals surface area contributed by atoms with E-state index in [4.69, 9.17) is 22.6 Å². The van der Waals surface area contributed by atoms with Crippen LogP contribution in [0.5, 0.6) is 0 Å². The third-order valence-corrected chi connectivity index (χ3v) is 4.16. The number of primary amides is 1. The second-order valence-electron chi connectivity index (χ2n) is 5.81. The van der Waals surface area contributed by atoms with Crippen LogP contribution in [0.1, 0.15) is 27.0 Å². The molecule has 0 fully saturated rings. The fourth-order valence-corrected chi connectivity index (χ4v) is 3.13. The Morgan fingerprint density at radius 2 is 2.04 bits per heavy atom. The SMILES string of the molecule is Cc1cc(C)c2nc(Cl)c(C(N)=O)c(Nc3cccc(C#N)c3)c2c1. The number of pyridine rings is 1. The quantitative estimate of drug-likeness (QED) is 0.692. The Morgan fingerprint density at radius 1 is 1.28 bits per heavy atom. The summed E-state index contributed by atoms with van der Waals surface area (Å²) in [5.41, 5.74) is 9.98. The molecule has 0 atom stereocenters. The molecule has 1 heterocycles. The highest BCUT2D eigenvalue weighted by molar-refractivity contribution is 6.34. The maximum atomic E-state index is 12.0. The lowest BCUT2D eigenvalue weighted by Crippen LogP contribution is -2.15. The van der Waals surface area contributed by atoms with Crippen LogP contribution in [0, 0.1) is 25.2 Å². The van der Waals surface area contributed by atoms with Gasteiger partial charge in [0.05, 0.1) is 22.8 Å². The van der Waals surface area contributed by atoms with Crippen LogP contribution in [0.3, 0.4) is 0 Å². The molecule has 6 heteroatoms. The van der Waals surface area contributed by atoms with Crippen molar-refractivity contribution >= 4 is 39.8 Å². The third-order valence-electron chi connectivity index (χ3n) is 3.89. The van der Waals surface area contributed by atoms with Crippen LogP contribution in [0.2, 0.25) is 5.15 Å². The topological polar surface area (TPSA) is 91.8 Å². The Bertz CT molecular complexity index is 1050. The van der Waals surface area contributed by atoms with Crippen molar-refractivity contribution in [3.8, 4) is 6.07 Å². The predicted octanol–water partition coefficient (Wildman–Crippen LogP) is 4.22. The van der Waals surface area contributed by atoms with Crippen LogP contribution in [0.4, 0.5) is 11.4 Å². The van der Waals surface area contributed by atoms with Crippen molar-refractivity contribution in [2.24, 2.45) is 5.73 Å². The molecule has 0 unspecified atom stereocenters. The molecular weight excluding hydrogens is 336 g/mol. The lowest BCUT2D eigenvalue weighted by Gasteiger charge is -2.16. The zero-order valence-electron chi connectivity index (χ0n) is 13.7. The minimum absolute atomic E-state index is 0.0471. The Morgan fingerprint density at radius 3 is 2.72 bits per heavy atom. The zero-order chi connectivity index (χ0) is 18.1. The number of carbonyl (C=O) groups is 1. The molecule has 1 amide bonds. The van der Waals surface area contributed by atoms with E-state index in [9.17, 15) is 4.79 Å². The predicted molar refractivity (Wildman–Crippen MR) is 99.2 cm³/mol. The van der Waals surface area contributed by atoms with Crippen molar-refractivity contribution in [3.63, 3.8) is 0 Å². The molecule has 0 saturated carbocycles. The van der Waals surface area contributed by atoms with Gasteiger partial charge in [-0.2, -0.15) is 5.26 Å². The van der Waals surface area contributed by atoms with E-state index >= 15 is 0 Å². The number of nitrogens with zero attached hydrogens (tertiary/aromatic N) is 2. The van der Waals surface area contributed by atoms with E-state index in [1.165, 1.54) is 0 Å². The van der Waals surface area contributed by atoms with Gasteiger partial charge in [0.25, 0.3) is 5.91 Å². The van der Waals surface area contributed by atoms with Gasteiger partial charge >= 0.3 is 0 Å². The fourth-order valence-electron chi connectivity index (χ4n) is 2.86. The largest absolute Gasteiger partial charge is 0.365 e. The van der Waals surface area contributed by atoms with Crippen molar-refractivity contribution in [2.75, 3.05) is 5.32 Å². The van der Waals surface area contributed by atoms with E-state index in [1.54, 1.807) is 24.3 Å². The van der Waals surface area contributed by atoms with E-state index in [1.807, 2.05) is 26.0 Å². The van der Waals surface area contributed by atoms with Gasteiger partial charge in [0.2, 0.25) is 0 Å². The van der Waals surface area contributed by atoms with E-state index in [0.717, 1.165) is 16.5 Å². The third kappa shape index (κ3) is 3.12. The second-order valence-corrected chi connectivity index (χ2v) is 6.17. The van der Waals surface area contributed by atoms with Crippen molar-refractivity contribution in [3.05, 3.63) is 63.8 Å². The molecule has 124 valence electrons. The summed E-state index contributed by atoms with van der Waals surface area (Å²) in [4.78, 5) is 16.3.